The molecule has 0 fully saturated rings. The molecule has 2 aromatic heterocycles. The molecule has 0 saturated heterocycles. The second-order valence-corrected chi connectivity index (χ2v) is 12.2. The molecule has 15 heteroatoms. The second-order valence-electron chi connectivity index (χ2n) is 11.4. The number of H-pyrrole nitrogens is 2. The molecule has 4 aromatic carbocycles. The zero-order chi connectivity index (χ0) is 31.8. The van der Waals surface area contributed by atoms with Gasteiger partial charge in [-0.2, -0.15) is 0 Å². The van der Waals surface area contributed by atoms with Crippen LogP contribution in [0.2, 0.25) is 0 Å². The third-order valence-electron chi connectivity index (χ3n) is 7.03. The molecule has 0 bridgehead atoms. The Morgan fingerprint density at radius 1 is 0.673 bits per heavy atom. The smallest absolute Gasteiger partial charge is 0.141 e. The van der Waals surface area contributed by atoms with E-state index in [1.807, 2.05) is 76.2 Å². The molecule has 0 atom stereocenters. The van der Waals surface area contributed by atoms with Crippen molar-refractivity contribution < 1.29 is 9.13 Å². The summed E-state index contributed by atoms with van der Waals surface area (Å²) in [6.45, 7) is 7.95. The average molecular weight is 813 g/mol. The number of amidine groups is 2. The van der Waals surface area contributed by atoms with Crippen LogP contribution in [0.4, 0.5) is 4.39 Å². The van der Waals surface area contributed by atoms with E-state index >= 15 is 4.39 Å². The van der Waals surface area contributed by atoms with Crippen molar-refractivity contribution in [2.45, 2.75) is 39.8 Å². The lowest BCUT2D eigenvalue weighted by molar-refractivity contribution is 0.477. The minimum Gasteiger partial charge on any atom is -0.457 e. The Morgan fingerprint density at radius 3 is 1.57 bits per heavy atom. The zero-order valence-electron chi connectivity index (χ0n) is 26.8. The first-order chi connectivity index (χ1) is 21.5. The number of hydrogen-bond acceptors (Lipinski definition) is 5. The van der Waals surface area contributed by atoms with Crippen molar-refractivity contribution in [1.29, 1.82) is 10.8 Å². The van der Waals surface area contributed by atoms with Crippen LogP contribution in [0.5, 0.6) is 11.5 Å². The molecule has 6 aromatic rings. The summed E-state index contributed by atoms with van der Waals surface area (Å²) in [5.41, 5.74) is 5.67. The predicted molar refractivity (Wildman–Crippen MR) is 210 cm³/mol. The highest BCUT2D eigenvalue weighted by Crippen LogP contribution is 2.34. The SMILES string of the molecule is CC(C)NC(=N)c1ccc2nc(-c3ccc(Oc4ccc(-c5nc6ccc(C(=N)NC(C)C)cc6[nH]5)c(Br)c4)cc3F)[nH]c2c1.Cl.Cl.Cl.Cl. The highest BCUT2D eigenvalue weighted by molar-refractivity contribution is 9.10. The van der Waals surface area contributed by atoms with E-state index in [0.29, 0.717) is 45.9 Å². The van der Waals surface area contributed by atoms with Crippen molar-refractivity contribution in [1.82, 2.24) is 30.6 Å². The van der Waals surface area contributed by atoms with Gasteiger partial charge in [0.25, 0.3) is 0 Å². The predicted octanol–water partition coefficient (Wildman–Crippen LogP) is 9.80. The van der Waals surface area contributed by atoms with Crippen LogP contribution in [0.1, 0.15) is 38.8 Å². The van der Waals surface area contributed by atoms with Gasteiger partial charge in [-0.3, -0.25) is 10.8 Å². The van der Waals surface area contributed by atoms with Crippen LogP contribution in [0.3, 0.4) is 0 Å². The number of ether oxygens (including phenoxy) is 1. The fourth-order valence-corrected chi connectivity index (χ4v) is 5.51. The quantitative estimate of drug-likeness (QED) is 0.0672. The Bertz CT molecular complexity index is 1950. The van der Waals surface area contributed by atoms with Gasteiger partial charge in [-0.25, -0.2) is 14.4 Å². The highest BCUT2D eigenvalue weighted by atomic mass is 79.9. The minimum atomic E-state index is -0.477. The number of rotatable bonds is 8. The van der Waals surface area contributed by atoms with Gasteiger partial charge >= 0.3 is 0 Å². The van der Waals surface area contributed by atoms with E-state index in [9.17, 15) is 0 Å². The fourth-order valence-electron chi connectivity index (χ4n) is 4.97. The Kier molecular flexibility index (Phi) is 14.5. The number of aromatic amines is 2. The van der Waals surface area contributed by atoms with Gasteiger partial charge in [0.2, 0.25) is 0 Å². The lowest BCUT2D eigenvalue weighted by Gasteiger charge is -2.10. The molecule has 0 aliphatic rings. The largest absolute Gasteiger partial charge is 0.457 e. The molecule has 0 aliphatic heterocycles. The molecule has 260 valence electrons. The minimum absolute atomic E-state index is 0. The molecule has 0 saturated carbocycles. The summed E-state index contributed by atoms with van der Waals surface area (Å²) in [5, 5.41) is 22.7. The van der Waals surface area contributed by atoms with Crippen LogP contribution in [0.15, 0.2) is 77.3 Å². The number of nitrogens with one attached hydrogen (secondary N) is 6. The molecule has 9 nitrogen and oxygen atoms in total. The Labute approximate surface area is 316 Å². The summed E-state index contributed by atoms with van der Waals surface area (Å²) in [5.74, 6) is 2.14. The summed E-state index contributed by atoms with van der Waals surface area (Å²) in [7, 11) is 0. The van der Waals surface area contributed by atoms with Gasteiger partial charge in [0.1, 0.15) is 40.6 Å². The highest BCUT2D eigenvalue weighted by Gasteiger charge is 2.15. The normalized spacial score (nSPS) is 10.5. The number of hydrogen-bond donors (Lipinski definition) is 6. The zero-order valence-corrected chi connectivity index (χ0v) is 31.6. The van der Waals surface area contributed by atoms with Crippen LogP contribution in [-0.4, -0.2) is 43.7 Å². The van der Waals surface area contributed by atoms with Crippen LogP contribution in [-0.2, 0) is 0 Å². The van der Waals surface area contributed by atoms with Gasteiger partial charge < -0.3 is 25.3 Å². The Hall–Kier alpha value is -3.87. The van der Waals surface area contributed by atoms with Crippen molar-refractivity contribution >= 4 is 99.3 Å². The molecule has 0 amide bonds. The Morgan fingerprint density at radius 2 is 1.12 bits per heavy atom. The van der Waals surface area contributed by atoms with Crippen molar-refractivity contribution in [3.8, 4) is 34.3 Å². The number of benzene rings is 4. The van der Waals surface area contributed by atoms with E-state index < -0.39 is 5.82 Å². The summed E-state index contributed by atoms with van der Waals surface area (Å²) in [6, 6.07) is 21.6. The van der Waals surface area contributed by atoms with E-state index in [0.717, 1.165) is 37.7 Å². The topological polar surface area (TPSA) is 138 Å². The summed E-state index contributed by atoms with van der Waals surface area (Å²) < 4.78 is 22.0. The number of aromatic nitrogens is 4. The van der Waals surface area contributed by atoms with Crippen molar-refractivity contribution in [2.75, 3.05) is 0 Å². The third kappa shape index (κ3) is 9.23. The Balaban J connectivity index is 0.00000208. The van der Waals surface area contributed by atoms with Gasteiger partial charge in [0.15, 0.2) is 0 Å². The molecule has 0 unspecified atom stereocenters. The van der Waals surface area contributed by atoms with Crippen LogP contribution < -0.4 is 15.4 Å². The van der Waals surface area contributed by atoms with Gasteiger partial charge in [-0.15, -0.1) is 49.6 Å². The van der Waals surface area contributed by atoms with Gasteiger partial charge in [0.05, 0.1) is 27.6 Å². The molecule has 49 heavy (non-hydrogen) atoms. The molecule has 0 radical (unpaired) electrons. The maximum atomic E-state index is 15.3. The first-order valence-electron chi connectivity index (χ1n) is 14.5. The standard InChI is InChI=1S/C34H32BrFN8O.4ClH/c1-17(2)39-31(37)19-5-11-27-29(13-19)43-33(41-27)23-9-7-21(15-25(23)35)45-22-8-10-24(26(36)16-22)34-42-28-12-6-20(14-30(28)44-34)32(38)40-18(3)4;;;;/h5-18H,1-4H3,(H2,37,39)(H2,38,40)(H,41,43)(H,42,44);4*1H. The second kappa shape index (κ2) is 17.2. The lowest BCUT2D eigenvalue weighted by atomic mass is 10.1. The molecule has 2 heterocycles. The van der Waals surface area contributed by atoms with Crippen molar-refractivity contribution in [2.24, 2.45) is 0 Å². The number of imidazole rings is 2. The van der Waals surface area contributed by atoms with E-state index in [1.54, 1.807) is 18.2 Å². The van der Waals surface area contributed by atoms with Crippen LogP contribution in [0, 0.1) is 16.6 Å². The van der Waals surface area contributed by atoms with Crippen molar-refractivity contribution in [3.63, 3.8) is 0 Å². The average Bonchev–Trinajstić information content (AvgIpc) is 3.60. The monoisotopic (exact) mass is 810 g/mol. The maximum Gasteiger partial charge on any atom is 0.141 e. The van der Waals surface area contributed by atoms with Gasteiger partial charge in [-0.05, 0) is 110 Å². The van der Waals surface area contributed by atoms with E-state index in [4.69, 9.17) is 20.5 Å². The lowest BCUT2D eigenvalue weighted by Crippen LogP contribution is -2.30. The van der Waals surface area contributed by atoms with Gasteiger partial charge in [0, 0.05) is 39.3 Å². The number of fused-ring (bicyclic) bond motifs is 2. The molecular formula is C34H36BrCl4FN8O. The summed E-state index contributed by atoms with van der Waals surface area (Å²) in [6.07, 6.45) is 0. The number of nitrogens with zero attached hydrogens (tertiary/aromatic N) is 2. The van der Waals surface area contributed by atoms with E-state index in [-0.39, 0.29) is 61.7 Å². The first kappa shape index (κ1) is 41.3. The van der Waals surface area contributed by atoms with Crippen molar-refractivity contribution in [3.05, 3.63) is 94.2 Å². The molecule has 0 aliphatic carbocycles. The number of halogens is 6. The van der Waals surface area contributed by atoms with E-state index in [1.165, 1.54) is 6.07 Å². The molecule has 6 rings (SSSR count). The first-order valence-corrected chi connectivity index (χ1v) is 15.3. The maximum absolute atomic E-state index is 15.3. The van der Waals surface area contributed by atoms with Crippen LogP contribution >= 0.6 is 65.6 Å². The summed E-state index contributed by atoms with van der Waals surface area (Å²) >= 11 is 3.63. The fraction of sp³-hybridized carbons (Fsp3) is 0.176. The molecule has 6 N–H and O–H groups in total. The summed E-state index contributed by atoms with van der Waals surface area (Å²) in [4.78, 5) is 15.8. The third-order valence-corrected chi connectivity index (χ3v) is 7.69. The van der Waals surface area contributed by atoms with Crippen LogP contribution in [0.25, 0.3) is 44.8 Å². The van der Waals surface area contributed by atoms with Gasteiger partial charge in [-0.1, -0.05) is 0 Å². The molecule has 0 spiro atoms. The molecular weight excluding hydrogens is 777 g/mol. The van der Waals surface area contributed by atoms with E-state index in [2.05, 4.69) is 41.5 Å².